The van der Waals surface area contributed by atoms with Crippen molar-refractivity contribution < 1.29 is 12.8 Å². The van der Waals surface area contributed by atoms with Crippen molar-refractivity contribution in [1.82, 2.24) is 4.31 Å². The molecule has 0 saturated heterocycles. The van der Waals surface area contributed by atoms with Gasteiger partial charge in [0.05, 0.1) is 5.88 Å². The first kappa shape index (κ1) is 18.9. The molecule has 1 atom stereocenters. The smallest absolute Gasteiger partial charge is 0.207 e. The van der Waals surface area contributed by atoms with E-state index in [0.29, 0.717) is 16.8 Å². The Morgan fingerprint density at radius 2 is 1.90 bits per heavy atom. The van der Waals surface area contributed by atoms with Gasteiger partial charge in [-0.25, -0.2) is 12.8 Å². The standard InChI is InChI=1S/C14H20BrClFNO2S/c1-9(2)5-10(3)18(4)21(19,20)13-7-12(15)6-11(8-16)14(13)17/h6-7,9-10H,5,8H2,1-4H3. The third kappa shape index (κ3) is 4.41. The molecule has 0 aliphatic carbocycles. The largest absolute Gasteiger partial charge is 0.246 e. The van der Waals surface area contributed by atoms with E-state index in [4.69, 9.17) is 11.6 Å². The van der Waals surface area contributed by atoms with Crippen LogP contribution in [0.4, 0.5) is 4.39 Å². The maximum absolute atomic E-state index is 14.3. The summed E-state index contributed by atoms with van der Waals surface area (Å²) in [6, 6.07) is 2.55. The van der Waals surface area contributed by atoms with Crippen molar-refractivity contribution in [3.63, 3.8) is 0 Å². The maximum atomic E-state index is 14.3. The van der Waals surface area contributed by atoms with Crippen LogP contribution in [-0.4, -0.2) is 25.8 Å². The molecular weight excluding hydrogens is 381 g/mol. The zero-order valence-electron chi connectivity index (χ0n) is 12.5. The normalized spacial score (nSPS) is 14.0. The molecular formula is C14H20BrClFNO2S. The van der Waals surface area contributed by atoms with Crippen LogP contribution in [0.5, 0.6) is 0 Å². The van der Waals surface area contributed by atoms with E-state index in [2.05, 4.69) is 15.9 Å². The minimum absolute atomic E-state index is 0.0843. The number of nitrogens with zero attached hydrogens (tertiary/aromatic N) is 1. The van der Waals surface area contributed by atoms with Crippen molar-refractivity contribution in [3.8, 4) is 0 Å². The molecule has 0 aliphatic heterocycles. The summed E-state index contributed by atoms with van der Waals surface area (Å²) in [5.41, 5.74) is 0.162. The highest BCUT2D eigenvalue weighted by molar-refractivity contribution is 9.10. The number of hydrogen-bond acceptors (Lipinski definition) is 2. The molecule has 0 aliphatic rings. The lowest BCUT2D eigenvalue weighted by Gasteiger charge is -2.26. The van der Waals surface area contributed by atoms with Crippen LogP contribution in [-0.2, 0) is 15.9 Å². The Balaban J connectivity index is 3.28. The van der Waals surface area contributed by atoms with Crippen molar-refractivity contribution in [1.29, 1.82) is 0 Å². The van der Waals surface area contributed by atoms with Crippen molar-refractivity contribution in [3.05, 3.63) is 28.0 Å². The number of rotatable bonds is 6. The average molecular weight is 401 g/mol. The van der Waals surface area contributed by atoms with Gasteiger partial charge in [0.1, 0.15) is 10.7 Å². The van der Waals surface area contributed by atoms with Crippen LogP contribution < -0.4 is 0 Å². The van der Waals surface area contributed by atoms with Crippen LogP contribution in [0, 0.1) is 11.7 Å². The molecule has 0 aromatic heterocycles. The van der Waals surface area contributed by atoms with Crippen molar-refractivity contribution in [2.75, 3.05) is 7.05 Å². The molecule has 1 unspecified atom stereocenters. The molecule has 0 bridgehead atoms. The summed E-state index contributed by atoms with van der Waals surface area (Å²) in [6.07, 6.45) is 0.702. The van der Waals surface area contributed by atoms with Gasteiger partial charge >= 0.3 is 0 Å². The highest BCUT2D eigenvalue weighted by Gasteiger charge is 2.29. The van der Waals surface area contributed by atoms with E-state index < -0.39 is 15.8 Å². The zero-order valence-corrected chi connectivity index (χ0v) is 15.7. The first-order chi connectivity index (χ1) is 9.61. The molecule has 7 heteroatoms. The molecule has 0 fully saturated rings. The lowest BCUT2D eigenvalue weighted by atomic mass is 10.1. The van der Waals surface area contributed by atoms with Crippen LogP contribution in [0.25, 0.3) is 0 Å². The van der Waals surface area contributed by atoms with E-state index in [9.17, 15) is 12.8 Å². The van der Waals surface area contributed by atoms with Gasteiger partial charge in [-0.15, -0.1) is 11.6 Å². The summed E-state index contributed by atoms with van der Waals surface area (Å²) >= 11 is 8.87. The van der Waals surface area contributed by atoms with Crippen LogP contribution in [0.15, 0.2) is 21.5 Å². The van der Waals surface area contributed by atoms with E-state index in [1.54, 1.807) is 0 Å². The van der Waals surface area contributed by atoms with Gasteiger partial charge in [0.15, 0.2) is 0 Å². The summed E-state index contributed by atoms with van der Waals surface area (Å²) in [7, 11) is -2.42. The summed E-state index contributed by atoms with van der Waals surface area (Å²) in [6.45, 7) is 5.85. The zero-order chi connectivity index (χ0) is 16.4. The number of benzene rings is 1. The molecule has 1 aromatic rings. The van der Waals surface area contributed by atoms with E-state index in [1.165, 1.54) is 23.5 Å². The van der Waals surface area contributed by atoms with Crippen LogP contribution in [0.3, 0.4) is 0 Å². The van der Waals surface area contributed by atoms with Gasteiger partial charge in [0.25, 0.3) is 0 Å². The number of sulfonamides is 1. The molecule has 0 radical (unpaired) electrons. The molecule has 0 amide bonds. The molecule has 1 aromatic carbocycles. The highest BCUT2D eigenvalue weighted by Crippen LogP contribution is 2.28. The highest BCUT2D eigenvalue weighted by atomic mass is 79.9. The van der Waals surface area contributed by atoms with E-state index >= 15 is 0 Å². The molecule has 1 rings (SSSR count). The Morgan fingerprint density at radius 3 is 2.38 bits per heavy atom. The van der Waals surface area contributed by atoms with Crippen molar-refractivity contribution in [2.24, 2.45) is 5.92 Å². The minimum Gasteiger partial charge on any atom is -0.207 e. The Morgan fingerprint density at radius 1 is 1.33 bits per heavy atom. The average Bonchev–Trinajstić information content (AvgIpc) is 2.38. The minimum atomic E-state index is -3.90. The quantitative estimate of drug-likeness (QED) is 0.664. The van der Waals surface area contributed by atoms with Gasteiger partial charge in [-0.1, -0.05) is 29.8 Å². The first-order valence-electron chi connectivity index (χ1n) is 6.63. The number of hydrogen-bond donors (Lipinski definition) is 0. The van der Waals surface area contributed by atoms with E-state index in [-0.39, 0.29) is 22.4 Å². The fraction of sp³-hybridized carbons (Fsp3) is 0.571. The fourth-order valence-electron chi connectivity index (χ4n) is 2.13. The lowest BCUT2D eigenvalue weighted by Crippen LogP contribution is -2.36. The fourth-order valence-corrected chi connectivity index (χ4v) is 4.48. The first-order valence-corrected chi connectivity index (χ1v) is 9.40. The summed E-state index contributed by atoms with van der Waals surface area (Å²) in [4.78, 5) is -0.342. The van der Waals surface area contributed by atoms with Crippen molar-refractivity contribution in [2.45, 2.75) is 44.0 Å². The van der Waals surface area contributed by atoms with Gasteiger partial charge < -0.3 is 0 Å². The maximum Gasteiger partial charge on any atom is 0.246 e. The van der Waals surface area contributed by atoms with Crippen LogP contribution in [0.1, 0.15) is 32.8 Å². The second kappa shape index (κ2) is 7.40. The topological polar surface area (TPSA) is 37.4 Å². The summed E-state index contributed by atoms with van der Waals surface area (Å²) in [5, 5.41) is 0. The van der Waals surface area contributed by atoms with Crippen LogP contribution in [0.2, 0.25) is 0 Å². The molecule has 3 nitrogen and oxygen atoms in total. The summed E-state index contributed by atoms with van der Waals surface area (Å²) < 4.78 is 41.3. The van der Waals surface area contributed by atoms with Gasteiger partial charge in [-0.05, 0) is 31.4 Å². The van der Waals surface area contributed by atoms with Gasteiger partial charge in [0, 0.05) is 23.1 Å². The van der Waals surface area contributed by atoms with Gasteiger partial charge in [-0.2, -0.15) is 4.31 Å². The molecule has 21 heavy (non-hydrogen) atoms. The number of halogens is 3. The third-order valence-corrected chi connectivity index (χ3v) is 6.03. The summed E-state index contributed by atoms with van der Waals surface area (Å²) in [5.74, 6) is -0.515. The Hall–Kier alpha value is -0.170. The predicted octanol–water partition coefficient (Wildman–Crippen LogP) is 4.38. The molecule has 0 spiro atoms. The van der Waals surface area contributed by atoms with Crippen molar-refractivity contribution >= 4 is 37.6 Å². The second-order valence-electron chi connectivity index (χ2n) is 5.51. The van der Waals surface area contributed by atoms with Crippen LogP contribution >= 0.6 is 27.5 Å². The van der Waals surface area contributed by atoms with E-state index in [0.717, 1.165) is 0 Å². The molecule has 0 N–H and O–H groups in total. The third-order valence-electron chi connectivity index (χ3n) is 3.31. The SMILES string of the molecule is CC(C)CC(C)N(C)S(=O)(=O)c1cc(Br)cc(CCl)c1F. The molecule has 0 heterocycles. The lowest BCUT2D eigenvalue weighted by molar-refractivity contribution is 0.336. The second-order valence-corrected chi connectivity index (χ2v) is 8.66. The molecule has 0 saturated carbocycles. The number of alkyl halides is 1. The Bertz CT molecular complexity index is 607. The van der Waals surface area contributed by atoms with E-state index in [1.807, 2.05) is 20.8 Å². The Kier molecular flexibility index (Phi) is 6.65. The Labute approximate surface area is 139 Å². The predicted molar refractivity (Wildman–Crippen MR) is 87.5 cm³/mol. The van der Waals surface area contributed by atoms with Gasteiger partial charge in [0.2, 0.25) is 10.0 Å². The molecule has 120 valence electrons. The van der Waals surface area contributed by atoms with Gasteiger partial charge in [-0.3, -0.25) is 0 Å². The monoisotopic (exact) mass is 399 g/mol.